The molecule has 1 fully saturated rings. The first-order valence-corrected chi connectivity index (χ1v) is 9.49. The van der Waals surface area contributed by atoms with Crippen molar-refractivity contribution in [2.24, 2.45) is 0 Å². The van der Waals surface area contributed by atoms with Crippen LogP contribution in [-0.2, 0) is 0 Å². The van der Waals surface area contributed by atoms with E-state index in [0.29, 0.717) is 6.04 Å². The summed E-state index contributed by atoms with van der Waals surface area (Å²) in [5.41, 5.74) is 2.31. The molecular formula is C18H23N5OS. The van der Waals surface area contributed by atoms with Gasteiger partial charge in [-0.3, -0.25) is 4.90 Å². The van der Waals surface area contributed by atoms with Gasteiger partial charge in [0.25, 0.3) is 0 Å². The number of hydrogen-bond acceptors (Lipinski definition) is 6. The summed E-state index contributed by atoms with van der Waals surface area (Å²) in [5.74, 6) is 0.897. The first kappa shape index (κ1) is 16.4. The van der Waals surface area contributed by atoms with Crippen LogP contribution in [0.3, 0.4) is 0 Å². The van der Waals surface area contributed by atoms with Gasteiger partial charge in [-0.05, 0) is 50.6 Å². The van der Waals surface area contributed by atoms with Crippen molar-refractivity contribution in [1.29, 1.82) is 0 Å². The Hall–Kier alpha value is -2.12. The quantitative estimate of drug-likeness (QED) is 0.733. The van der Waals surface area contributed by atoms with Crippen LogP contribution in [0.25, 0.3) is 4.96 Å². The first-order valence-electron chi connectivity index (χ1n) is 8.67. The number of anilines is 1. The summed E-state index contributed by atoms with van der Waals surface area (Å²) in [6.07, 6.45) is 4.51. The number of aryl methyl sites for hydroxylation is 1. The zero-order chi connectivity index (χ0) is 17.2. The van der Waals surface area contributed by atoms with Crippen LogP contribution in [0.5, 0.6) is 5.75 Å². The molecule has 0 bridgehead atoms. The number of aromatic nitrogens is 3. The molecule has 0 spiro atoms. The molecule has 0 aliphatic carbocycles. The fourth-order valence-electron chi connectivity index (χ4n) is 3.40. The van der Waals surface area contributed by atoms with Crippen LogP contribution in [0.15, 0.2) is 30.5 Å². The Labute approximate surface area is 151 Å². The molecule has 1 aromatic carbocycles. The lowest BCUT2D eigenvalue weighted by Crippen LogP contribution is -2.31. The Morgan fingerprint density at radius 2 is 2.00 bits per heavy atom. The monoisotopic (exact) mass is 357 g/mol. The van der Waals surface area contributed by atoms with Crippen molar-refractivity contribution in [3.8, 4) is 5.75 Å². The number of likely N-dealkylation sites (tertiary alicyclic amines) is 1. The molecule has 2 aromatic heterocycles. The Bertz CT molecular complexity index is 803. The fraction of sp³-hybridized carbons (Fsp3) is 0.444. The Balaban J connectivity index is 1.51. The van der Waals surface area contributed by atoms with Gasteiger partial charge in [-0.1, -0.05) is 23.5 Å². The van der Waals surface area contributed by atoms with Gasteiger partial charge in [0.15, 0.2) is 0 Å². The molecule has 7 heteroatoms. The summed E-state index contributed by atoms with van der Waals surface area (Å²) in [6, 6.07) is 8.76. The van der Waals surface area contributed by atoms with Crippen LogP contribution >= 0.6 is 11.3 Å². The minimum absolute atomic E-state index is 0.339. The molecule has 1 saturated heterocycles. The molecule has 4 rings (SSSR count). The lowest BCUT2D eigenvalue weighted by Gasteiger charge is -2.28. The lowest BCUT2D eigenvalue weighted by molar-refractivity contribution is 0.256. The smallest absolute Gasteiger partial charge is 0.214 e. The summed E-state index contributed by atoms with van der Waals surface area (Å²) in [6.45, 7) is 5.13. The average molecular weight is 357 g/mol. The van der Waals surface area contributed by atoms with Crippen LogP contribution in [0.4, 0.5) is 5.13 Å². The van der Waals surface area contributed by atoms with E-state index in [0.717, 1.165) is 41.2 Å². The highest BCUT2D eigenvalue weighted by molar-refractivity contribution is 7.20. The van der Waals surface area contributed by atoms with Crippen LogP contribution in [0, 0.1) is 6.92 Å². The van der Waals surface area contributed by atoms with E-state index in [-0.39, 0.29) is 0 Å². The molecule has 132 valence electrons. The van der Waals surface area contributed by atoms with Crippen LogP contribution in [-0.4, -0.2) is 46.2 Å². The molecule has 1 aliphatic rings. The highest BCUT2D eigenvalue weighted by Gasteiger charge is 2.23. The summed E-state index contributed by atoms with van der Waals surface area (Å²) < 4.78 is 7.14. The van der Waals surface area contributed by atoms with E-state index in [1.807, 2.05) is 29.8 Å². The second kappa shape index (κ2) is 7.01. The van der Waals surface area contributed by atoms with Gasteiger partial charge in [-0.25, -0.2) is 9.50 Å². The van der Waals surface area contributed by atoms with Gasteiger partial charge < -0.3 is 10.1 Å². The molecule has 1 N–H and O–H groups in total. The fourth-order valence-corrected chi connectivity index (χ4v) is 4.24. The zero-order valence-electron chi connectivity index (χ0n) is 14.6. The van der Waals surface area contributed by atoms with E-state index in [4.69, 9.17) is 4.74 Å². The molecule has 1 atom stereocenters. The SMILES string of the molecule is COc1ccc([C@@H](CNc2nn3cc(C)nc3s2)N2CCCC2)cc1. The van der Waals surface area contributed by atoms with E-state index in [1.54, 1.807) is 18.4 Å². The van der Waals surface area contributed by atoms with E-state index < -0.39 is 0 Å². The molecule has 0 unspecified atom stereocenters. The maximum atomic E-state index is 5.29. The number of fused-ring (bicyclic) bond motifs is 1. The highest BCUT2D eigenvalue weighted by atomic mass is 32.1. The number of benzene rings is 1. The van der Waals surface area contributed by atoms with Crippen molar-refractivity contribution in [2.75, 3.05) is 32.1 Å². The molecule has 3 heterocycles. The first-order chi connectivity index (χ1) is 12.2. The number of imidazole rings is 1. The molecule has 1 aliphatic heterocycles. The van der Waals surface area contributed by atoms with E-state index in [9.17, 15) is 0 Å². The number of ether oxygens (including phenoxy) is 1. The maximum Gasteiger partial charge on any atom is 0.214 e. The van der Waals surface area contributed by atoms with Crippen molar-refractivity contribution >= 4 is 21.4 Å². The maximum absolute atomic E-state index is 5.29. The van der Waals surface area contributed by atoms with Crippen LogP contribution < -0.4 is 10.1 Å². The number of nitrogens with zero attached hydrogens (tertiary/aromatic N) is 4. The Morgan fingerprint density at radius 3 is 2.68 bits per heavy atom. The molecule has 25 heavy (non-hydrogen) atoms. The normalized spacial score (nSPS) is 16.4. The number of rotatable bonds is 6. The second-order valence-electron chi connectivity index (χ2n) is 6.43. The summed E-state index contributed by atoms with van der Waals surface area (Å²) in [5, 5.41) is 9.01. The van der Waals surface area contributed by atoms with Gasteiger partial charge in [0, 0.05) is 6.54 Å². The van der Waals surface area contributed by atoms with E-state index >= 15 is 0 Å². The average Bonchev–Trinajstić information content (AvgIpc) is 3.32. The summed E-state index contributed by atoms with van der Waals surface area (Å²) in [4.78, 5) is 7.96. The van der Waals surface area contributed by atoms with Gasteiger partial charge >= 0.3 is 0 Å². The third kappa shape index (κ3) is 3.48. The molecule has 0 amide bonds. The van der Waals surface area contributed by atoms with E-state index in [1.165, 1.54) is 18.4 Å². The number of nitrogens with one attached hydrogen (secondary N) is 1. The predicted octanol–water partition coefficient (Wildman–Crippen LogP) is 3.36. The van der Waals surface area contributed by atoms with Crippen molar-refractivity contribution in [1.82, 2.24) is 19.5 Å². The molecular weight excluding hydrogens is 334 g/mol. The second-order valence-corrected chi connectivity index (χ2v) is 7.39. The van der Waals surface area contributed by atoms with Crippen LogP contribution in [0.2, 0.25) is 0 Å². The van der Waals surface area contributed by atoms with Gasteiger partial charge in [0.05, 0.1) is 25.0 Å². The predicted molar refractivity (Wildman–Crippen MR) is 101 cm³/mol. The van der Waals surface area contributed by atoms with E-state index in [2.05, 4.69) is 32.4 Å². The van der Waals surface area contributed by atoms with Crippen LogP contribution in [0.1, 0.15) is 30.1 Å². The molecule has 0 saturated carbocycles. The lowest BCUT2D eigenvalue weighted by atomic mass is 10.1. The van der Waals surface area contributed by atoms with Crippen molar-refractivity contribution in [3.63, 3.8) is 0 Å². The Kier molecular flexibility index (Phi) is 4.59. The topological polar surface area (TPSA) is 54.7 Å². The molecule has 0 radical (unpaired) electrons. The van der Waals surface area contributed by atoms with Gasteiger partial charge in [-0.2, -0.15) is 0 Å². The van der Waals surface area contributed by atoms with Gasteiger partial charge in [0.2, 0.25) is 10.1 Å². The number of hydrogen-bond donors (Lipinski definition) is 1. The highest BCUT2D eigenvalue weighted by Crippen LogP contribution is 2.28. The Morgan fingerprint density at radius 1 is 1.24 bits per heavy atom. The minimum atomic E-state index is 0.339. The summed E-state index contributed by atoms with van der Waals surface area (Å²) in [7, 11) is 1.70. The molecule has 3 aromatic rings. The third-order valence-electron chi connectivity index (χ3n) is 4.69. The van der Waals surface area contributed by atoms with Crippen molar-refractivity contribution in [2.45, 2.75) is 25.8 Å². The van der Waals surface area contributed by atoms with Gasteiger partial charge in [0.1, 0.15) is 5.75 Å². The third-order valence-corrected chi connectivity index (χ3v) is 5.57. The van der Waals surface area contributed by atoms with Crippen molar-refractivity contribution in [3.05, 3.63) is 41.7 Å². The number of methoxy groups -OCH3 is 1. The zero-order valence-corrected chi connectivity index (χ0v) is 15.4. The molecule has 6 nitrogen and oxygen atoms in total. The van der Waals surface area contributed by atoms with Crippen molar-refractivity contribution < 1.29 is 4.74 Å². The largest absolute Gasteiger partial charge is 0.497 e. The van der Waals surface area contributed by atoms with Gasteiger partial charge in [-0.15, -0.1) is 5.10 Å². The standard InChI is InChI=1S/C18H23N5OS/c1-13-12-23-18(20-13)25-17(21-23)19-11-16(22-9-3-4-10-22)14-5-7-15(24-2)8-6-14/h5-8,12,16H,3-4,9-11H2,1-2H3,(H,19,21)/t16-/m1/s1. The summed E-state index contributed by atoms with van der Waals surface area (Å²) >= 11 is 1.60. The minimum Gasteiger partial charge on any atom is -0.497 e.